The number of oxime groups is 1. The SMILES string of the molecule is O=C(Nc1ncc(F)s1)/C(=N/O[C@@H]1CCOC1)c1ccc(S(=O)(=O)Cc2ncn(C(c3ccccc3)(c3ccccc3)c3ccccc3)n2)cc1. The van der Waals surface area contributed by atoms with Crippen LogP contribution in [0.5, 0.6) is 0 Å². The molecule has 6 aromatic rings. The molecule has 0 saturated carbocycles. The number of hydrogen-bond donors (Lipinski definition) is 1. The van der Waals surface area contributed by atoms with Crippen molar-refractivity contribution in [2.75, 3.05) is 18.5 Å². The number of carbonyl (C=O) groups is 1. The van der Waals surface area contributed by atoms with E-state index in [1.165, 1.54) is 24.3 Å². The summed E-state index contributed by atoms with van der Waals surface area (Å²) in [6.07, 6.45) is 2.81. The molecule has 258 valence electrons. The van der Waals surface area contributed by atoms with E-state index in [-0.39, 0.29) is 33.2 Å². The Hall–Kier alpha value is -5.57. The maximum atomic E-state index is 13.7. The highest BCUT2D eigenvalue weighted by Crippen LogP contribution is 2.40. The van der Waals surface area contributed by atoms with Gasteiger partial charge in [-0.25, -0.2) is 23.1 Å². The molecule has 4 aromatic carbocycles. The number of ether oxygens (including phenoxy) is 1. The summed E-state index contributed by atoms with van der Waals surface area (Å²) in [6.45, 7) is 0.825. The number of nitrogens with one attached hydrogen (secondary N) is 1. The van der Waals surface area contributed by atoms with Gasteiger partial charge in [0.2, 0.25) is 0 Å². The summed E-state index contributed by atoms with van der Waals surface area (Å²) in [4.78, 5) is 27.1. The molecule has 51 heavy (non-hydrogen) atoms. The van der Waals surface area contributed by atoms with Gasteiger partial charge in [-0.2, -0.15) is 9.49 Å². The molecule has 3 heterocycles. The van der Waals surface area contributed by atoms with E-state index in [0.29, 0.717) is 31.0 Å². The molecule has 7 rings (SSSR count). The van der Waals surface area contributed by atoms with E-state index in [9.17, 15) is 17.6 Å². The smallest absolute Gasteiger partial charge is 0.280 e. The Morgan fingerprint density at radius 3 is 2.06 bits per heavy atom. The number of anilines is 1. The molecule has 1 fully saturated rings. The fourth-order valence-electron chi connectivity index (χ4n) is 5.95. The van der Waals surface area contributed by atoms with Gasteiger partial charge < -0.3 is 9.57 Å². The molecule has 14 heteroatoms. The third-order valence-electron chi connectivity index (χ3n) is 8.36. The Labute approximate surface area is 297 Å². The van der Waals surface area contributed by atoms with Crippen LogP contribution in [-0.2, 0) is 35.5 Å². The molecule has 0 radical (unpaired) electrons. The van der Waals surface area contributed by atoms with E-state index >= 15 is 0 Å². The first-order valence-corrected chi connectivity index (χ1v) is 18.4. The molecule has 0 aliphatic carbocycles. The van der Waals surface area contributed by atoms with Gasteiger partial charge in [-0.15, -0.1) is 0 Å². The van der Waals surface area contributed by atoms with Gasteiger partial charge in [-0.1, -0.05) is 120 Å². The number of benzene rings is 4. The number of thiazole rings is 1. The number of aromatic nitrogens is 4. The molecule has 1 saturated heterocycles. The van der Waals surface area contributed by atoms with Gasteiger partial charge >= 0.3 is 0 Å². The second-order valence-corrected chi connectivity index (χ2v) is 14.6. The van der Waals surface area contributed by atoms with E-state index in [0.717, 1.165) is 22.9 Å². The average Bonchev–Trinajstić information content (AvgIpc) is 3.94. The van der Waals surface area contributed by atoms with Crippen molar-refractivity contribution in [1.82, 2.24) is 19.7 Å². The predicted octanol–water partition coefficient (Wildman–Crippen LogP) is 5.84. The Morgan fingerprint density at radius 1 is 0.922 bits per heavy atom. The lowest BCUT2D eigenvalue weighted by Crippen LogP contribution is -2.38. The van der Waals surface area contributed by atoms with Gasteiger partial charge in [-0.3, -0.25) is 10.1 Å². The minimum Gasteiger partial charge on any atom is -0.389 e. The fraction of sp³-hybridized carbons (Fsp3) is 0.162. The number of nitrogens with zero attached hydrogens (tertiary/aromatic N) is 5. The number of halogens is 1. The van der Waals surface area contributed by atoms with Gasteiger partial charge in [0, 0.05) is 12.0 Å². The normalized spacial score (nSPS) is 15.1. The number of rotatable bonds is 12. The number of amides is 1. The summed E-state index contributed by atoms with van der Waals surface area (Å²) in [5.74, 6) is -1.07. The zero-order valence-corrected chi connectivity index (χ0v) is 28.6. The molecule has 0 spiro atoms. The Morgan fingerprint density at radius 2 is 1.53 bits per heavy atom. The summed E-state index contributed by atoms with van der Waals surface area (Å²) in [7, 11) is -3.95. The first kappa shape index (κ1) is 33.9. The highest BCUT2D eigenvalue weighted by Gasteiger charge is 2.40. The minimum absolute atomic E-state index is 0.00472. The van der Waals surface area contributed by atoms with Crippen LogP contribution in [0.3, 0.4) is 0 Å². The minimum atomic E-state index is -3.95. The number of hydrogen-bond acceptors (Lipinski definition) is 10. The Kier molecular flexibility index (Phi) is 9.79. The van der Waals surface area contributed by atoms with Gasteiger partial charge in [0.15, 0.2) is 37.7 Å². The van der Waals surface area contributed by atoms with Gasteiger partial charge in [-0.05, 0) is 28.8 Å². The zero-order valence-electron chi connectivity index (χ0n) is 27.0. The third-order valence-corrected chi connectivity index (χ3v) is 10.7. The third kappa shape index (κ3) is 7.20. The van der Waals surface area contributed by atoms with Crippen LogP contribution in [0, 0.1) is 5.13 Å². The van der Waals surface area contributed by atoms with E-state index < -0.39 is 32.2 Å². The predicted molar refractivity (Wildman–Crippen MR) is 190 cm³/mol. The molecule has 11 nitrogen and oxygen atoms in total. The van der Waals surface area contributed by atoms with Gasteiger partial charge in [0.1, 0.15) is 17.6 Å². The van der Waals surface area contributed by atoms with Crippen LogP contribution in [-0.4, -0.2) is 59.1 Å². The number of carbonyl (C=O) groups excluding carboxylic acids is 1. The molecule has 1 N–H and O–H groups in total. The molecular formula is C37H31FN6O5S2. The molecule has 1 aliphatic heterocycles. The summed E-state index contributed by atoms with van der Waals surface area (Å²) in [5, 5.41) is 10.9. The van der Waals surface area contributed by atoms with Crippen LogP contribution in [0.4, 0.5) is 9.52 Å². The van der Waals surface area contributed by atoms with Crippen LogP contribution in [0.25, 0.3) is 0 Å². The molecule has 1 atom stereocenters. The zero-order chi connectivity index (χ0) is 35.3. The summed E-state index contributed by atoms with van der Waals surface area (Å²) < 4.78 is 48.1. The Balaban J connectivity index is 1.19. The quantitative estimate of drug-likeness (QED) is 0.0946. The topological polar surface area (TPSA) is 138 Å². The molecule has 0 bridgehead atoms. The van der Waals surface area contributed by atoms with Crippen LogP contribution < -0.4 is 5.32 Å². The first-order chi connectivity index (χ1) is 24.8. The Bertz CT molecular complexity index is 2140. The lowest BCUT2D eigenvalue weighted by molar-refractivity contribution is -0.110. The van der Waals surface area contributed by atoms with Crippen molar-refractivity contribution in [3.63, 3.8) is 0 Å². The second-order valence-electron chi connectivity index (χ2n) is 11.7. The van der Waals surface area contributed by atoms with Crippen molar-refractivity contribution in [3.8, 4) is 0 Å². The second kappa shape index (κ2) is 14.7. The average molecular weight is 723 g/mol. The van der Waals surface area contributed by atoms with E-state index in [2.05, 4.69) is 20.4 Å². The molecule has 1 aliphatic rings. The standard InChI is InChI=1S/C37H31FN6O5S2/c38-32-22-39-36(50-32)41-35(45)34(43-49-30-20-21-48-23-30)26-16-18-31(19-17-26)51(46,47)24-33-40-25-44(42-33)37(27-10-4-1-5-11-27,28-12-6-2-7-13-28)29-14-8-3-9-15-29/h1-19,22,25,30H,20-21,23-24H2,(H,39,41,45)/b43-34+/t30-/m1/s1. The highest BCUT2D eigenvalue weighted by molar-refractivity contribution is 7.90. The van der Waals surface area contributed by atoms with Crippen molar-refractivity contribution in [2.45, 2.75) is 28.7 Å². The van der Waals surface area contributed by atoms with Crippen molar-refractivity contribution >= 4 is 37.9 Å². The largest absolute Gasteiger partial charge is 0.389 e. The fourth-order valence-corrected chi connectivity index (χ4v) is 7.68. The number of sulfone groups is 1. The van der Waals surface area contributed by atoms with Crippen LogP contribution in [0.2, 0.25) is 0 Å². The summed E-state index contributed by atoms with van der Waals surface area (Å²) >= 11 is 0.659. The van der Waals surface area contributed by atoms with Gasteiger partial charge in [0.25, 0.3) is 5.91 Å². The van der Waals surface area contributed by atoms with Gasteiger partial charge in [0.05, 0.1) is 24.3 Å². The van der Waals surface area contributed by atoms with Crippen LogP contribution in [0.15, 0.2) is 138 Å². The van der Waals surface area contributed by atoms with Crippen molar-refractivity contribution in [2.24, 2.45) is 5.16 Å². The van der Waals surface area contributed by atoms with Crippen molar-refractivity contribution in [3.05, 3.63) is 161 Å². The van der Waals surface area contributed by atoms with E-state index in [4.69, 9.17) is 14.7 Å². The van der Waals surface area contributed by atoms with E-state index in [1.54, 1.807) is 11.0 Å². The lowest BCUT2D eigenvalue weighted by atomic mass is 9.77. The summed E-state index contributed by atoms with van der Waals surface area (Å²) in [6, 6.07) is 35.3. The lowest BCUT2D eigenvalue weighted by Gasteiger charge is -2.35. The maximum absolute atomic E-state index is 13.7. The van der Waals surface area contributed by atoms with Crippen LogP contribution >= 0.6 is 11.3 Å². The van der Waals surface area contributed by atoms with Crippen LogP contribution in [0.1, 0.15) is 34.5 Å². The molecule has 0 unspecified atom stereocenters. The first-order valence-electron chi connectivity index (χ1n) is 16.0. The summed E-state index contributed by atoms with van der Waals surface area (Å²) in [5.41, 5.74) is 1.95. The van der Waals surface area contributed by atoms with E-state index in [1.807, 2.05) is 91.0 Å². The molecular weight excluding hydrogens is 692 g/mol. The molecule has 1 amide bonds. The maximum Gasteiger partial charge on any atom is 0.280 e. The van der Waals surface area contributed by atoms with Crippen molar-refractivity contribution in [1.29, 1.82) is 0 Å². The monoisotopic (exact) mass is 722 g/mol. The van der Waals surface area contributed by atoms with Crippen molar-refractivity contribution < 1.29 is 27.2 Å². The molecule has 2 aromatic heterocycles. The highest BCUT2D eigenvalue weighted by atomic mass is 32.2.